The second-order valence-corrected chi connectivity index (χ2v) is 3.84. The summed E-state index contributed by atoms with van der Waals surface area (Å²) in [4.78, 5) is 4.27. The van der Waals surface area contributed by atoms with Gasteiger partial charge in [0.2, 0.25) is 0 Å². The van der Waals surface area contributed by atoms with E-state index in [0.717, 1.165) is 28.0 Å². The number of nitrogens with zero attached hydrogens (tertiary/aromatic N) is 1. The molecule has 1 aromatic heterocycles. The molecule has 3 nitrogen and oxygen atoms in total. The Morgan fingerprint density at radius 1 is 1.31 bits per heavy atom. The Kier molecular flexibility index (Phi) is 2.87. The molecule has 1 aliphatic rings. The normalized spacial score (nSPS) is 14.2. The highest BCUT2D eigenvalue weighted by atomic mass is 127. The molecule has 0 unspecified atom stereocenters. The van der Waals surface area contributed by atoms with Crippen molar-refractivity contribution in [2.24, 2.45) is 0 Å². The lowest BCUT2D eigenvalue weighted by atomic mass is 10.2. The first kappa shape index (κ1) is 9.05. The van der Waals surface area contributed by atoms with E-state index in [9.17, 15) is 0 Å². The van der Waals surface area contributed by atoms with Gasteiger partial charge in [0.1, 0.15) is 13.2 Å². The van der Waals surface area contributed by atoms with E-state index in [0.29, 0.717) is 13.2 Å². The van der Waals surface area contributed by atoms with Crippen molar-refractivity contribution in [2.75, 3.05) is 17.6 Å². The van der Waals surface area contributed by atoms with Crippen LogP contribution in [0.1, 0.15) is 5.69 Å². The lowest BCUT2D eigenvalue weighted by Crippen LogP contribution is -2.15. The lowest BCUT2D eigenvalue weighted by Gasteiger charge is -2.18. The van der Waals surface area contributed by atoms with Crippen LogP contribution in [0.4, 0.5) is 0 Å². The van der Waals surface area contributed by atoms with Crippen molar-refractivity contribution >= 4 is 22.6 Å². The van der Waals surface area contributed by atoms with Gasteiger partial charge in [0.25, 0.3) is 0 Å². The maximum atomic E-state index is 5.44. The van der Waals surface area contributed by atoms with Gasteiger partial charge in [-0.05, 0) is 6.42 Å². The SMILES string of the molecule is ICCc1cc2c(cn1)OCCO2. The average molecular weight is 291 g/mol. The third-order valence-electron chi connectivity index (χ3n) is 1.84. The Balaban J connectivity index is 2.24. The summed E-state index contributed by atoms with van der Waals surface area (Å²) in [6.07, 6.45) is 2.73. The first-order valence-electron chi connectivity index (χ1n) is 4.20. The van der Waals surface area contributed by atoms with Crippen LogP contribution in [0, 0.1) is 0 Å². The van der Waals surface area contributed by atoms with Crippen molar-refractivity contribution in [3.8, 4) is 11.5 Å². The Labute approximate surface area is 90.6 Å². The number of halogens is 1. The number of rotatable bonds is 2. The Hall–Kier alpha value is -0.520. The maximum absolute atomic E-state index is 5.44. The van der Waals surface area contributed by atoms with Gasteiger partial charge in [-0.2, -0.15) is 0 Å². The van der Waals surface area contributed by atoms with Crippen molar-refractivity contribution in [3.05, 3.63) is 18.0 Å². The molecule has 2 rings (SSSR count). The summed E-state index contributed by atoms with van der Waals surface area (Å²) in [5.41, 5.74) is 1.07. The summed E-state index contributed by atoms with van der Waals surface area (Å²) in [6, 6.07) is 1.97. The van der Waals surface area contributed by atoms with E-state index < -0.39 is 0 Å². The highest BCUT2D eigenvalue weighted by molar-refractivity contribution is 14.1. The van der Waals surface area contributed by atoms with Gasteiger partial charge in [-0.15, -0.1) is 0 Å². The number of fused-ring (bicyclic) bond motifs is 1. The van der Waals surface area contributed by atoms with Crippen LogP contribution >= 0.6 is 22.6 Å². The second kappa shape index (κ2) is 4.13. The summed E-state index contributed by atoms with van der Waals surface area (Å²) in [5.74, 6) is 1.60. The van der Waals surface area contributed by atoms with Crippen LogP contribution in [-0.4, -0.2) is 22.6 Å². The molecular weight excluding hydrogens is 281 g/mol. The molecule has 2 heterocycles. The van der Waals surface area contributed by atoms with Gasteiger partial charge in [0.15, 0.2) is 11.5 Å². The second-order valence-electron chi connectivity index (χ2n) is 2.76. The summed E-state index contributed by atoms with van der Waals surface area (Å²) < 4.78 is 11.9. The fourth-order valence-electron chi connectivity index (χ4n) is 1.22. The van der Waals surface area contributed by atoms with E-state index in [4.69, 9.17) is 9.47 Å². The lowest BCUT2D eigenvalue weighted by molar-refractivity contribution is 0.170. The molecule has 1 aromatic rings. The monoisotopic (exact) mass is 291 g/mol. The van der Waals surface area contributed by atoms with Crippen molar-refractivity contribution in [1.82, 2.24) is 4.98 Å². The molecule has 0 bridgehead atoms. The van der Waals surface area contributed by atoms with Gasteiger partial charge >= 0.3 is 0 Å². The Bertz CT molecular complexity index is 304. The first-order chi connectivity index (χ1) is 6.40. The van der Waals surface area contributed by atoms with Crippen LogP contribution in [0.2, 0.25) is 0 Å². The molecule has 0 atom stereocenters. The molecule has 0 aromatic carbocycles. The predicted octanol–water partition coefficient (Wildman–Crippen LogP) is 1.83. The van der Waals surface area contributed by atoms with Gasteiger partial charge in [0.05, 0.1) is 6.20 Å². The molecular formula is C9H10INO2. The van der Waals surface area contributed by atoms with Crippen LogP contribution in [0.15, 0.2) is 12.3 Å². The van der Waals surface area contributed by atoms with Crippen LogP contribution in [0.3, 0.4) is 0 Å². The highest BCUT2D eigenvalue weighted by Gasteiger charge is 2.11. The standard InChI is InChI=1S/C9H10INO2/c10-2-1-7-5-8-9(6-11-7)13-4-3-12-8/h5-6H,1-4H2. The molecule has 0 amide bonds. The number of alkyl halides is 1. The van der Waals surface area contributed by atoms with Crippen molar-refractivity contribution in [3.63, 3.8) is 0 Å². The van der Waals surface area contributed by atoms with E-state index in [1.807, 2.05) is 6.07 Å². The molecule has 1 aliphatic heterocycles. The molecule has 0 aliphatic carbocycles. The molecule has 0 fully saturated rings. The Morgan fingerprint density at radius 3 is 2.85 bits per heavy atom. The van der Waals surface area contributed by atoms with Gasteiger partial charge in [-0.1, -0.05) is 22.6 Å². The Morgan fingerprint density at radius 2 is 2.08 bits per heavy atom. The van der Waals surface area contributed by atoms with E-state index in [-0.39, 0.29) is 0 Å². The average Bonchev–Trinajstić information content (AvgIpc) is 2.18. The number of hydrogen-bond donors (Lipinski definition) is 0. The fraction of sp³-hybridized carbons (Fsp3) is 0.444. The maximum Gasteiger partial charge on any atom is 0.179 e. The number of aryl methyl sites for hydroxylation is 1. The molecule has 0 N–H and O–H groups in total. The number of hydrogen-bond acceptors (Lipinski definition) is 3. The smallest absolute Gasteiger partial charge is 0.179 e. The van der Waals surface area contributed by atoms with Crippen molar-refractivity contribution in [2.45, 2.75) is 6.42 Å². The summed E-state index contributed by atoms with van der Waals surface area (Å²) in [5, 5.41) is 0. The highest BCUT2D eigenvalue weighted by Crippen LogP contribution is 2.29. The molecule has 0 spiro atoms. The largest absolute Gasteiger partial charge is 0.486 e. The topological polar surface area (TPSA) is 31.4 Å². The molecule has 70 valence electrons. The van der Waals surface area contributed by atoms with Crippen LogP contribution in [-0.2, 0) is 6.42 Å². The van der Waals surface area contributed by atoms with E-state index in [1.54, 1.807) is 6.20 Å². The van der Waals surface area contributed by atoms with Crippen LogP contribution in [0.25, 0.3) is 0 Å². The van der Waals surface area contributed by atoms with Gasteiger partial charge in [0, 0.05) is 16.2 Å². The number of ether oxygens (including phenoxy) is 2. The number of pyridine rings is 1. The third-order valence-corrected chi connectivity index (χ3v) is 2.38. The minimum atomic E-state index is 0.625. The summed E-state index contributed by atoms with van der Waals surface area (Å²) in [7, 11) is 0. The first-order valence-corrected chi connectivity index (χ1v) is 5.73. The van der Waals surface area contributed by atoms with E-state index in [2.05, 4.69) is 27.6 Å². The quantitative estimate of drug-likeness (QED) is 0.615. The van der Waals surface area contributed by atoms with Crippen molar-refractivity contribution < 1.29 is 9.47 Å². The zero-order valence-corrected chi connectivity index (χ0v) is 9.28. The van der Waals surface area contributed by atoms with E-state index in [1.165, 1.54) is 0 Å². The van der Waals surface area contributed by atoms with Crippen LogP contribution < -0.4 is 9.47 Å². The molecule has 0 saturated heterocycles. The minimum absolute atomic E-state index is 0.625. The van der Waals surface area contributed by atoms with E-state index >= 15 is 0 Å². The van der Waals surface area contributed by atoms with Crippen molar-refractivity contribution in [1.29, 1.82) is 0 Å². The van der Waals surface area contributed by atoms with Gasteiger partial charge < -0.3 is 9.47 Å². The summed E-state index contributed by atoms with van der Waals surface area (Å²) >= 11 is 2.33. The molecule has 4 heteroatoms. The van der Waals surface area contributed by atoms with Gasteiger partial charge in [-0.3, -0.25) is 4.98 Å². The predicted molar refractivity (Wildman–Crippen MR) is 57.8 cm³/mol. The molecule has 0 saturated carbocycles. The zero-order chi connectivity index (χ0) is 9.10. The van der Waals surface area contributed by atoms with Crippen LogP contribution in [0.5, 0.6) is 11.5 Å². The molecule has 0 radical (unpaired) electrons. The molecule has 13 heavy (non-hydrogen) atoms. The third kappa shape index (κ3) is 2.04. The minimum Gasteiger partial charge on any atom is -0.486 e. The van der Waals surface area contributed by atoms with Gasteiger partial charge in [-0.25, -0.2) is 0 Å². The fourth-order valence-corrected chi connectivity index (χ4v) is 1.78. The summed E-state index contributed by atoms with van der Waals surface area (Å²) in [6.45, 7) is 1.26. The zero-order valence-electron chi connectivity index (χ0n) is 7.12. The number of aromatic nitrogens is 1.